The molecule has 264 valence electrons. The zero-order valence-corrected chi connectivity index (χ0v) is 28.9. The van der Waals surface area contributed by atoms with E-state index in [1.807, 2.05) is 42.5 Å². The number of ether oxygens (including phenoxy) is 1. The van der Waals surface area contributed by atoms with Crippen LogP contribution in [-0.4, -0.2) is 89.5 Å². The van der Waals surface area contributed by atoms with Crippen molar-refractivity contribution in [1.29, 1.82) is 0 Å². The second-order valence-corrected chi connectivity index (χ2v) is 13.0. The number of halogens is 1. The largest absolute Gasteiger partial charge is 0.496 e. The summed E-state index contributed by atoms with van der Waals surface area (Å²) in [5.74, 6) is 7.02. The number of nitrogens with one attached hydrogen (secondary N) is 1. The van der Waals surface area contributed by atoms with E-state index in [0.29, 0.717) is 79.6 Å². The van der Waals surface area contributed by atoms with Crippen molar-refractivity contribution in [3.05, 3.63) is 95.8 Å². The molecule has 5 N–H and O–H groups in total. The molecule has 6 rings (SSSR count). The Balaban J connectivity index is 0.00000504. The second-order valence-electron chi connectivity index (χ2n) is 13.0. The van der Waals surface area contributed by atoms with Gasteiger partial charge in [-0.05, 0) is 53.3 Å². The number of hydrazine groups is 1. The van der Waals surface area contributed by atoms with Crippen molar-refractivity contribution in [1.82, 2.24) is 24.8 Å². The number of H-pyrrole nitrogens is 1. The van der Waals surface area contributed by atoms with E-state index in [2.05, 4.69) is 34.8 Å². The number of aromatic amines is 1. The lowest BCUT2D eigenvalue weighted by Crippen LogP contribution is -2.49. The predicted octanol–water partition coefficient (Wildman–Crippen LogP) is 5.32. The number of nitrogens with zero attached hydrogens (tertiary/aromatic N) is 5. The van der Waals surface area contributed by atoms with Crippen LogP contribution in [0.3, 0.4) is 0 Å². The Kier molecular flexibility index (Phi) is 10.4. The number of amides is 2. The first-order valence-electron chi connectivity index (χ1n) is 17.0. The number of hydrogen-bond donors (Lipinski definition) is 3. The van der Waals surface area contributed by atoms with Crippen molar-refractivity contribution in [3.63, 3.8) is 0 Å². The van der Waals surface area contributed by atoms with E-state index < -0.39 is 5.82 Å². The number of aromatic nitrogens is 2. The van der Waals surface area contributed by atoms with Crippen LogP contribution in [-0.2, 0) is 4.79 Å². The van der Waals surface area contributed by atoms with E-state index in [1.54, 1.807) is 29.2 Å². The molecule has 1 fully saturated rings. The maximum Gasteiger partial charge on any atom is 0.270 e. The van der Waals surface area contributed by atoms with Gasteiger partial charge >= 0.3 is 0 Å². The molecular weight excluding hydrogens is 635 g/mol. The van der Waals surface area contributed by atoms with Crippen LogP contribution in [0.5, 0.6) is 5.75 Å². The molecule has 2 amide bonds. The molecular formula is C38H47FN8O3. The van der Waals surface area contributed by atoms with Crippen molar-refractivity contribution in [2.75, 3.05) is 57.8 Å². The Morgan fingerprint density at radius 3 is 2.58 bits per heavy atom. The number of para-hydroxylation sites is 1. The van der Waals surface area contributed by atoms with E-state index in [1.165, 1.54) is 23.0 Å². The summed E-state index contributed by atoms with van der Waals surface area (Å²) in [5.41, 5.74) is 9.69. The van der Waals surface area contributed by atoms with Gasteiger partial charge in [0.25, 0.3) is 5.91 Å². The second kappa shape index (κ2) is 15.0. The van der Waals surface area contributed by atoms with Crippen LogP contribution >= 0.6 is 0 Å². The van der Waals surface area contributed by atoms with Crippen molar-refractivity contribution >= 4 is 34.1 Å². The number of carbonyl (C=O) groups is 2. The minimum absolute atomic E-state index is 0. The lowest BCUT2D eigenvalue weighted by molar-refractivity contribution is -0.130. The third-order valence-electron chi connectivity index (χ3n) is 9.50. The summed E-state index contributed by atoms with van der Waals surface area (Å²) in [5, 5.41) is 1.94. The van der Waals surface area contributed by atoms with E-state index >= 15 is 4.39 Å². The predicted molar refractivity (Wildman–Crippen MR) is 197 cm³/mol. The highest BCUT2D eigenvalue weighted by molar-refractivity contribution is 6.05. The molecule has 0 aliphatic carbocycles. The summed E-state index contributed by atoms with van der Waals surface area (Å²) in [6.07, 6.45) is 7.37. The first-order valence-corrected chi connectivity index (χ1v) is 17.0. The first kappa shape index (κ1) is 34.5. The zero-order valence-electron chi connectivity index (χ0n) is 28.9. The van der Waals surface area contributed by atoms with Gasteiger partial charge in [0, 0.05) is 88.8 Å². The molecule has 50 heavy (non-hydrogen) atoms. The minimum atomic E-state index is -0.472. The molecule has 1 saturated heterocycles. The third-order valence-corrected chi connectivity index (χ3v) is 9.50. The standard InChI is InChI=1S/C38H45FN8O3.H2/c1-25(2)27-10-6-14-42-37(27)44-18-20-45(21-19-44)38(49)32-23-31-30(28-9-4-5-11-33(28)50-3)22-29(35(39)36(31)43-32)26-8-7-15-46(24-26)34(48)12-16-47(41)17-13-40;/h4-6,8-11,13-14,17,22-23,25,43H,7,12,15-16,18-21,24,40-41H2,1-3H3;1H/b17-13-;. The molecule has 0 unspecified atom stereocenters. The summed E-state index contributed by atoms with van der Waals surface area (Å²) >= 11 is 0. The van der Waals surface area contributed by atoms with E-state index in [-0.39, 0.29) is 31.7 Å². The first-order chi connectivity index (χ1) is 24.2. The van der Waals surface area contributed by atoms with Crippen LogP contribution in [0, 0.1) is 5.82 Å². The number of nitrogens with two attached hydrogens (primary N) is 2. The fraction of sp³-hybridized carbons (Fsp3) is 0.342. The Bertz CT molecular complexity index is 1940. The normalized spacial score (nSPS) is 15.2. The highest BCUT2D eigenvalue weighted by Crippen LogP contribution is 2.40. The van der Waals surface area contributed by atoms with E-state index in [9.17, 15) is 9.59 Å². The Morgan fingerprint density at radius 1 is 1.06 bits per heavy atom. The molecule has 2 aliphatic rings. The summed E-state index contributed by atoms with van der Waals surface area (Å²) in [4.78, 5) is 40.6. The van der Waals surface area contributed by atoms with Crippen LogP contribution < -0.4 is 21.2 Å². The molecule has 0 atom stereocenters. The van der Waals surface area contributed by atoms with Gasteiger partial charge in [0.15, 0.2) is 5.82 Å². The SMILES string of the molecule is COc1ccccc1-c1cc(C2=CCCN(C(=O)CCN(N)/C=C\N)C2)c(F)c2[nH]c(C(=O)N3CCN(c4ncccc4C(C)C)CC3)cc12.[HH]. The van der Waals surface area contributed by atoms with Crippen LogP contribution in [0.25, 0.3) is 27.6 Å². The number of fused-ring (bicyclic) bond motifs is 1. The van der Waals surface area contributed by atoms with Gasteiger partial charge < -0.3 is 35.2 Å². The van der Waals surface area contributed by atoms with Crippen LogP contribution in [0.1, 0.15) is 55.6 Å². The molecule has 2 aliphatic heterocycles. The molecule has 0 bridgehead atoms. The smallest absolute Gasteiger partial charge is 0.270 e. The Morgan fingerprint density at radius 2 is 1.84 bits per heavy atom. The van der Waals surface area contributed by atoms with Gasteiger partial charge in [-0.3, -0.25) is 9.59 Å². The maximum atomic E-state index is 16.7. The molecule has 0 radical (unpaired) electrons. The minimum Gasteiger partial charge on any atom is -0.496 e. The van der Waals surface area contributed by atoms with Gasteiger partial charge in [-0.15, -0.1) is 0 Å². The van der Waals surface area contributed by atoms with Gasteiger partial charge in [0.2, 0.25) is 5.91 Å². The topological polar surface area (TPSA) is 137 Å². The highest BCUT2D eigenvalue weighted by Gasteiger charge is 2.29. The summed E-state index contributed by atoms with van der Waals surface area (Å²) in [7, 11) is 1.60. The molecule has 2 aromatic carbocycles. The van der Waals surface area contributed by atoms with Crippen molar-refractivity contribution in [2.45, 2.75) is 32.6 Å². The van der Waals surface area contributed by atoms with Gasteiger partial charge in [0.1, 0.15) is 17.3 Å². The number of rotatable bonds is 10. The average molecular weight is 683 g/mol. The number of methoxy groups -OCH3 is 1. The summed E-state index contributed by atoms with van der Waals surface area (Å²) < 4.78 is 22.4. The summed E-state index contributed by atoms with van der Waals surface area (Å²) in [6.45, 7) is 7.68. The number of benzene rings is 2. The van der Waals surface area contributed by atoms with Crippen LogP contribution in [0.4, 0.5) is 10.2 Å². The number of piperazine rings is 1. The molecule has 11 nitrogen and oxygen atoms in total. The van der Waals surface area contributed by atoms with Crippen molar-refractivity contribution in [3.8, 4) is 16.9 Å². The van der Waals surface area contributed by atoms with Crippen molar-refractivity contribution in [2.24, 2.45) is 11.6 Å². The third kappa shape index (κ3) is 7.02. The van der Waals surface area contributed by atoms with Crippen LogP contribution in [0.2, 0.25) is 0 Å². The molecule has 0 saturated carbocycles. The van der Waals surface area contributed by atoms with Gasteiger partial charge in [-0.25, -0.2) is 15.2 Å². The molecule has 4 aromatic rings. The molecule has 4 heterocycles. The van der Waals surface area contributed by atoms with E-state index in [0.717, 1.165) is 16.9 Å². The Hall–Kier alpha value is -5.36. The number of anilines is 1. The molecule has 0 spiro atoms. The number of pyridine rings is 1. The quantitative estimate of drug-likeness (QED) is 0.151. The van der Waals surface area contributed by atoms with E-state index in [4.69, 9.17) is 16.3 Å². The zero-order chi connectivity index (χ0) is 35.4. The highest BCUT2D eigenvalue weighted by atomic mass is 19.1. The van der Waals surface area contributed by atoms with Crippen molar-refractivity contribution < 1.29 is 20.1 Å². The van der Waals surface area contributed by atoms with Gasteiger partial charge in [-0.1, -0.05) is 44.2 Å². The lowest BCUT2D eigenvalue weighted by atomic mass is 9.93. The lowest BCUT2D eigenvalue weighted by Gasteiger charge is -2.36. The number of hydrogen-bond acceptors (Lipinski definition) is 8. The number of carbonyl (C=O) groups excluding carboxylic acids is 2. The monoisotopic (exact) mass is 682 g/mol. The maximum absolute atomic E-state index is 16.7. The average Bonchev–Trinajstić information content (AvgIpc) is 3.60. The fourth-order valence-corrected chi connectivity index (χ4v) is 6.83. The van der Waals surface area contributed by atoms with Gasteiger partial charge in [0.05, 0.1) is 12.6 Å². The summed E-state index contributed by atoms with van der Waals surface area (Å²) in [6, 6.07) is 15.2. The molecule has 2 aromatic heterocycles. The van der Waals surface area contributed by atoms with Crippen LogP contribution in [0.15, 0.2) is 73.2 Å². The molecule has 12 heteroatoms. The van der Waals surface area contributed by atoms with Gasteiger partial charge in [-0.2, -0.15) is 0 Å². The fourth-order valence-electron chi connectivity index (χ4n) is 6.83. The Labute approximate surface area is 293 Å².